The molecule has 2 aromatic heterocycles. The molecule has 19 heavy (non-hydrogen) atoms. The van der Waals surface area contributed by atoms with Gasteiger partial charge in [-0.1, -0.05) is 27.3 Å². The molecule has 4 nitrogen and oxygen atoms in total. The van der Waals surface area contributed by atoms with Crippen LogP contribution in [0.2, 0.25) is 0 Å². The van der Waals surface area contributed by atoms with Crippen LogP contribution < -0.4 is 5.73 Å². The number of nitrogen functional groups attached to an aromatic ring is 1. The van der Waals surface area contributed by atoms with E-state index in [2.05, 4.69) is 9.72 Å². The lowest BCUT2D eigenvalue weighted by molar-refractivity contribution is 0.0607. The molecule has 0 fully saturated rings. The van der Waals surface area contributed by atoms with Crippen molar-refractivity contribution >= 4 is 23.0 Å². The van der Waals surface area contributed by atoms with Crippen LogP contribution in [-0.2, 0) is 4.74 Å². The van der Waals surface area contributed by atoms with E-state index in [0.717, 1.165) is 11.3 Å². The largest absolute Gasteiger partial charge is 0.465 e. The van der Waals surface area contributed by atoms with Gasteiger partial charge in [-0.05, 0) is 12.1 Å². The number of carbonyl (C=O) groups excluding carboxylic acids is 1. The van der Waals surface area contributed by atoms with Gasteiger partial charge in [0.15, 0.2) is 0 Å². The second-order valence-corrected chi connectivity index (χ2v) is 3.98. The number of nitrogens with zero attached hydrogens (tertiary/aromatic N) is 1. The highest BCUT2D eigenvalue weighted by Gasteiger charge is 2.17. The number of anilines is 1. The molecule has 0 aliphatic rings. The average molecular weight is 280 g/mol. The summed E-state index contributed by atoms with van der Waals surface area (Å²) in [6.45, 7) is 4.00. The number of esters is 1. The number of ether oxygens (including phenoxy) is 1. The summed E-state index contributed by atoms with van der Waals surface area (Å²) >= 11 is 1.26. The normalized spacial score (nSPS) is 8.79. The number of aromatic nitrogens is 1. The Morgan fingerprint density at radius 2 is 2.05 bits per heavy atom. The first-order valence-corrected chi connectivity index (χ1v) is 6.48. The number of pyridine rings is 1. The number of rotatable bonds is 2. The van der Waals surface area contributed by atoms with Crippen LogP contribution in [0.15, 0.2) is 29.8 Å². The fourth-order valence-electron chi connectivity index (χ4n) is 1.34. The van der Waals surface area contributed by atoms with Gasteiger partial charge in [0.05, 0.1) is 18.5 Å². The monoisotopic (exact) mass is 280 g/mol. The zero-order valence-electron chi connectivity index (χ0n) is 10.6. The van der Waals surface area contributed by atoms with Gasteiger partial charge < -0.3 is 10.5 Å². The maximum absolute atomic E-state index is 11.4. The fraction of sp³-hybridized carbons (Fsp3) is 0.286. The lowest BCUT2D eigenvalue weighted by Crippen LogP contribution is -2.02. The van der Waals surface area contributed by atoms with Crippen LogP contribution in [0.5, 0.6) is 0 Å². The molecule has 2 aromatic rings. The SMILES string of the molecule is C.CC.COC(=O)c1scc(-c2ccccn2)c1N. The molecule has 5 heteroatoms. The molecular formula is C14H20N2O2S. The smallest absolute Gasteiger partial charge is 0.350 e. The lowest BCUT2D eigenvalue weighted by atomic mass is 10.2. The molecule has 0 unspecified atom stereocenters. The number of nitrogens with two attached hydrogens (primary N) is 1. The van der Waals surface area contributed by atoms with Crippen LogP contribution in [0.3, 0.4) is 0 Å². The molecule has 0 radical (unpaired) electrons. The average Bonchev–Trinajstić information content (AvgIpc) is 2.83. The zero-order valence-corrected chi connectivity index (χ0v) is 11.5. The van der Waals surface area contributed by atoms with E-state index in [4.69, 9.17) is 5.73 Å². The molecule has 0 saturated carbocycles. The minimum absolute atomic E-state index is 0. The second-order valence-electron chi connectivity index (χ2n) is 3.10. The van der Waals surface area contributed by atoms with Crippen molar-refractivity contribution in [3.63, 3.8) is 0 Å². The quantitative estimate of drug-likeness (QED) is 0.849. The van der Waals surface area contributed by atoms with Gasteiger partial charge in [0, 0.05) is 17.1 Å². The first kappa shape index (κ1) is 17.1. The van der Waals surface area contributed by atoms with Crippen molar-refractivity contribution < 1.29 is 9.53 Å². The van der Waals surface area contributed by atoms with Crippen LogP contribution in [-0.4, -0.2) is 18.1 Å². The molecule has 0 atom stereocenters. The number of hydrogen-bond acceptors (Lipinski definition) is 5. The summed E-state index contributed by atoms with van der Waals surface area (Å²) in [5, 5.41) is 1.81. The summed E-state index contributed by atoms with van der Waals surface area (Å²) in [4.78, 5) is 16.0. The van der Waals surface area contributed by atoms with Gasteiger partial charge in [-0.15, -0.1) is 11.3 Å². The Bertz CT molecular complexity index is 509. The number of carbonyl (C=O) groups is 1. The Morgan fingerprint density at radius 3 is 2.58 bits per heavy atom. The third kappa shape index (κ3) is 3.79. The molecule has 0 aliphatic heterocycles. The summed E-state index contributed by atoms with van der Waals surface area (Å²) in [5.74, 6) is -0.412. The van der Waals surface area contributed by atoms with E-state index < -0.39 is 5.97 Å². The van der Waals surface area contributed by atoms with Crippen molar-refractivity contribution in [3.8, 4) is 11.3 Å². The Hall–Kier alpha value is -1.88. The molecule has 0 spiro atoms. The first-order valence-electron chi connectivity index (χ1n) is 5.60. The highest BCUT2D eigenvalue weighted by Crippen LogP contribution is 2.33. The molecule has 2 N–H and O–H groups in total. The fourth-order valence-corrected chi connectivity index (χ4v) is 2.24. The van der Waals surface area contributed by atoms with Gasteiger partial charge in [-0.2, -0.15) is 0 Å². The summed E-state index contributed by atoms with van der Waals surface area (Å²) < 4.78 is 4.64. The van der Waals surface area contributed by atoms with Gasteiger partial charge >= 0.3 is 5.97 Å². The first-order chi connectivity index (χ1) is 8.74. The summed E-state index contributed by atoms with van der Waals surface area (Å²) in [6.07, 6.45) is 1.68. The van der Waals surface area contributed by atoms with E-state index in [9.17, 15) is 4.79 Å². The summed E-state index contributed by atoms with van der Waals surface area (Å²) in [7, 11) is 1.34. The number of methoxy groups -OCH3 is 1. The molecule has 0 saturated heterocycles. The van der Waals surface area contributed by atoms with Crippen LogP contribution >= 0.6 is 11.3 Å². The highest BCUT2D eigenvalue weighted by atomic mass is 32.1. The predicted molar refractivity (Wildman–Crippen MR) is 81.4 cm³/mol. The van der Waals surface area contributed by atoms with Crippen LogP contribution in [0.4, 0.5) is 5.69 Å². The third-order valence-corrected chi connectivity index (χ3v) is 3.12. The van der Waals surface area contributed by atoms with E-state index in [1.54, 1.807) is 6.20 Å². The lowest BCUT2D eigenvalue weighted by Gasteiger charge is -2.00. The van der Waals surface area contributed by atoms with Gasteiger partial charge in [0.25, 0.3) is 0 Å². The second kappa shape index (κ2) is 8.26. The van der Waals surface area contributed by atoms with E-state index in [1.807, 2.05) is 37.4 Å². The van der Waals surface area contributed by atoms with Crippen molar-refractivity contribution in [2.24, 2.45) is 0 Å². The van der Waals surface area contributed by atoms with Gasteiger partial charge in [-0.3, -0.25) is 4.98 Å². The third-order valence-electron chi connectivity index (χ3n) is 2.14. The van der Waals surface area contributed by atoms with Crippen LogP contribution in [0.25, 0.3) is 11.3 Å². The Balaban J connectivity index is 0.00000103. The zero-order chi connectivity index (χ0) is 13.5. The minimum atomic E-state index is -0.412. The van der Waals surface area contributed by atoms with Crippen molar-refractivity contribution in [3.05, 3.63) is 34.7 Å². The van der Waals surface area contributed by atoms with Gasteiger partial charge in [0.1, 0.15) is 4.88 Å². The van der Waals surface area contributed by atoms with Crippen molar-refractivity contribution in [2.75, 3.05) is 12.8 Å². The molecule has 0 aliphatic carbocycles. The molecule has 0 aromatic carbocycles. The standard InChI is InChI=1S/C11H10N2O2S.C2H6.CH4/c1-15-11(14)10-9(12)7(6-16-10)8-4-2-3-5-13-8;1-2;/h2-6H,12H2,1H3;1-2H3;1H4. The van der Waals surface area contributed by atoms with E-state index >= 15 is 0 Å². The molecular weight excluding hydrogens is 260 g/mol. The molecule has 2 heterocycles. The number of hydrogen-bond donors (Lipinski definition) is 1. The topological polar surface area (TPSA) is 65.2 Å². The Labute approximate surface area is 118 Å². The minimum Gasteiger partial charge on any atom is -0.465 e. The van der Waals surface area contributed by atoms with Crippen molar-refractivity contribution in [1.29, 1.82) is 0 Å². The van der Waals surface area contributed by atoms with E-state index in [-0.39, 0.29) is 7.43 Å². The molecule has 2 rings (SSSR count). The van der Waals surface area contributed by atoms with E-state index in [0.29, 0.717) is 10.6 Å². The van der Waals surface area contributed by atoms with Crippen LogP contribution in [0, 0.1) is 0 Å². The Morgan fingerprint density at radius 1 is 1.37 bits per heavy atom. The Kier molecular flexibility index (Phi) is 7.44. The summed E-state index contributed by atoms with van der Waals surface area (Å²) in [5.41, 5.74) is 7.83. The number of thiophene rings is 1. The maximum atomic E-state index is 11.4. The van der Waals surface area contributed by atoms with Gasteiger partial charge in [-0.25, -0.2) is 4.79 Å². The highest BCUT2D eigenvalue weighted by molar-refractivity contribution is 7.13. The molecule has 0 bridgehead atoms. The van der Waals surface area contributed by atoms with Gasteiger partial charge in [0.2, 0.25) is 0 Å². The molecule has 0 amide bonds. The maximum Gasteiger partial charge on any atom is 0.350 e. The van der Waals surface area contributed by atoms with Crippen molar-refractivity contribution in [2.45, 2.75) is 21.3 Å². The van der Waals surface area contributed by atoms with E-state index in [1.165, 1.54) is 18.4 Å². The predicted octanol–water partition coefficient (Wildman–Crippen LogP) is 3.84. The van der Waals surface area contributed by atoms with Crippen molar-refractivity contribution in [1.82, 2.24) is 4.98 Å². The molecule has 104 valence electrons. The summed E-state index contributed by atoms with van der Waals surface area (Å²) in [6, 6.07) is 5.55. The van der Waals surface area contributed by atoms with Crippen LogP contribution in [0.1, 0.15) is 30.9 Å².